The smallest absolute Gasteiger partial charge is 0.138 e. The van der Waals surface area contributed by atoms with E-state index in [-0.39, 0.29) is 0 Å². The van der Waals surface area contributed by atoms with Gasteiger partial charge in [-0.1, -0.05) is 24.3 Å². The summed E-state index contributed by atoms with van der Waals surface area (Å²) in [5, 5.41) is 1.24. The summed E-state index contributed by atoms with van der Waals surface area (Å²) in [5.74, 6) is 0. The average molecular weight is 232 g/mol. The predicted molar refractivity (Wildman–Crippen MR) is 74.9 cm³/mol. The van der Waals surface area contributed by atoms with Crippen LogP contribution in [0, 0.1) is 6.92 Å². The van der Waals surface area contributed by atoms with E-state index in [4.69, 9.17) is 0 Å². The first-order chi connectivity index (χ1) is 8.83. The molecule has 0 atom stereocenters. The van der Waals surface area contributed by atoms with Gasteiger partial charge in [-0.2, -0.15) is 0 Å². The van der Waals surface area contributed by atoms with Gasteiger partial charge in [0.1, 0.15) is 5.65 Å². The molecule has 0 aliphatic heterocycles. The number of pyridine rings is 1. The molecule has 2 heterocycles. The van der Waals surface area contributed by atoms with Crippen molar-refractivity contribution in [2.45, 2.75) is 6.92 Å². The summed E-state index contributed by atoms with van der Waals surface area (Å²) in [6, 6.07) is 19.0. The second-order valence-corrected chi connectivity index (χ2v) is 4.69. The molecule has 0 bridgehead atoms. The molecule has 4 aromatic rings. The maximum atomic E-state index is 4.69. The van der Waals surface area contributed by atoms with Gasteiger partial charge in [-0.25, -0.2) is 4.98 Å². The number of aryl methyl sites for hydroxylation is 1. The molecule has 0 saturated heterocycles. The standard InChI is InChI=1S/C16H12N2/c1-11-6-8-15-13(10-11)17-16-9-7-12-4-2-3-5-14(12)18(15)16/h2-10H,1H3. The quantitative estimate of drug-likeness (QED) is 0.448. The number of nitrogens with zero attached hydrogens (tertiary/aromatic N) is 2. The molecule has 0 aliphatic carbocycles. The summed E-state index contributed by atoms with van der Waals surface area (Å²) in [4.78, 5) is 4.69. The van der Waals surface area contributed by atoms with E-state index < -0.39 is 0 Å². The molecule has 2 nitrogen and oxygen atoms in total. The maximum Gasteiger partial charge on any atom is 0.138 e. The minimum Gasteiger partial charge on any atom is -0.292 e. The zero-order valence-corrected chi connectivity index (χ0v) is 10.1. The van der Waals surface area contributed by atoms with Gasteiger partial charge >= 0.3 is 0 Å². The van der Waals surface area contributed by atoms with Crippen molar-refractivity contribution in [1.29, 1.82) is 0 Å². The molecule has 0 aliphatic rings. The fourth-order valence-corrected chi connectivity index (χ4v) is 2.57. The van der Waals surface area contributed by atoms with Gasteiger partial charge in [-0.15, -0.1) is 0 Å². The summed E-state index contributed by atoms with van der Waals surface area (Å²) in [6.07, 6.45) is 0. The SMILES string of the molecule is Cc1ccc2c(c1)nc1ccc3ccccc3n12. The van der Waals surface area contributed by atoms with Crippen LogP contribution in [0.15, 0.2) is 54.6 Å². The van der Waals surface area contributed by atoms with Crippen molar-refractivity contribution in [3.63, 3.8) is 0 Å². The monoisotopic (exact) mass is 232 g/mol. The van der Waals surface area contributed by atoms with Crippen molar-refractivity contribution in [2.75, 3.05) is 0 Å². The second kappa shape index (κ2) is 3.33. The molecular weight excluding hydrogens is 220 g/mol. The normalized spacial score (nSPS) is 11.6. The Balaban J connectivity index is 2.33. The third-order valence-corrected chi connectivity index (χ3v) is 3.43. The molecule has 0 unspecified atom stereocenters. The lowest BCUT2D eigenvalue weighted by atomic mass is 10.2. The van der Waals surface area contributed by atoms with E-state index in [0.717, 1.165) is 11.2 Å². The van der Waals surface area contributed by atoms with Crippen LogP contribution in [0.2, 0.25) is 0 Å². The third-order valence-electron chi connectivity index (χ3n) is 3.43. The Labute approximate surface area is 104 Å². The molecule has 86 valence electrons. The zero-order valence-electron chi connectivity index (χ0n) is 10.1. The van der Waals surface area contributed by atoms with Gasteiger partial charge in [-0.3, -0.25) is 4.40 Å². The third kappa shape index (κ3) is 1.20. The summed E-state index contributed by atoms with van der Waals surface area (Å²) < 4.78 is 2.23. The number of aromatic nitrogens is 2. The summed E-state index contributed by atoms with van der Waals surface area (Å²) >= 11 is 0. The number of hydrogen-bond donors (Lipinski definition) is 0. The second-order valence-electron chi connectivity index (χ2n) is 4.69. The average Bonchev–Trinajstić information content (AvgIpc) is 2.76. The number of imidazole rings is 1. The Morgan fingerprint density at radius 2 is 1.78 bits per heavy atom. The minimum absolute atomic E-state index is 1.01. The van der Waals surface area contributed by atoms with Crippen LogP contribution in [0.1, 0.15) is 5.56 Å². The Morgan fingerprint density at radius 1 is 0.889 bits per heavy atom. The summed E-state index contributed by atoms with van der Waals surface area (Å²) in [6.45, 7) is 2.10. The van der Waals surface area contributed by atoms with E-state index in [0.29, 0.717) is 0 Å². The lowest BCUT2D eigenvalue weighted by molar-refractivity contribution is 1.30. The highest BCUT2D eigenvalue weighted by Gasteiger charge is 2.06. The molecular formula is C16H12N2. The summed E-state index contributed by atoms with van der Waals surface area (Å²) in [7, 11) is 0. The van der Waals surface area contributed by atoms with Crippen molar-refractivity contribution in [3.05, 3.63) is 60.2 Å². The van der Waals surface area contributed by atoms with Crippen molar-refractivity contribution in [1.82, 2.24) is 9.38 Å². The van der Waals surface area contributed by atoms with Crippen LogP contribution in [0.25, 0.3) is 27.6 Å². The first kappa shape index (κ1) is 9.66. The van der Waals surface area contributed by atoms with Crippen LogP contribution < -0.4 is 0 Å². The van der Waals surface area contributed by atoms with Gasteiger partial charge in [0.05, 0.1) is 16.6 Å². The van der Waals surface area contributed by atoms with Crippen LogP contribution in [-0.4, -0.2) is 9.38 Å². The van der Waals surface area contributed by atoms with Crippen LogP contribution in [0.4, 0.5) is 0 Å². The fraction of sp³-hybridized carbons (Fsp3) is 0.0625. The maximum absolute atomic E-state index is 4.69. The molecule has 18 heavy (non-hydrogen) atoms. The Hall–Kier alpha value is -2.35. The van der Waals surface area contributed by atoms with Crippen molar-refractivity contribution in [2.24, 2.45) is 0 Å². The first-order valence-corrected chi connectivity index (χ1v) is 6.09. The molecule has 0 N–H and O–H groups in total. The number of para-hydroxylation sites is 1. The Kier molecular flexibility index (Phi) is 1.78. The van der Waals surface area contributed by atoms with Crippen LogP contribution in [0.3, 0.4) is 0 Å². The molecule has 0 fully saturated rings. The lowest BCUT2D eigenvalue weighted by Crippen LogP contribution is -1.87. The van der Waals surface area contributed by atoms with E-state index in [2.05, 4.69) is 70.9 Å². The van der Waals surface area contributed by atoms with Crippen molar-refractivity contribution in [3.8, 4) is 0 Å². The largest absolute Gasteiger partial charge is 0.292 e. The predicted octanol–water partition coefficient (Wildman–Crippen LogP) is 3.95. The molecule has 4 rings (SSSR count). The zero-order chi connectivity index (χ0) is 12.1. The highest BCUT2D eigenvalue weighted by molar-refractivity contribution is 5.90. The molecule has 2 aromatic heterocycles. The van der Waals surface area contributed by atoms with Crippen LogP contribution >= 0.6 is 0 Å². The van der Waals surface area contributed by atoms with Crippen LogP contribution in [0.5, 0.6) is 0 Å². The van der Waals surface area contributed by atoms with E-state index in [1.807, 2.05) is 0 Å². The van der Waals surface area contributed by atoms with Gasteiger partial charge in [-0.05, 0) is 48.2 Å². The topological polar surface area (TPSA) is 17.3 Å². The van der Waals surface area contributed by atoms with E-state index in [1.54, 1.807) is 0 Å². The number of fused-ring (bicyclic) bond motifs is 5. The Morgan fingerprint density at radius 3 is 2.72 bits per heavy atom. The van der Waals surface area contributed by atoms with Gasteiger partial charge in [0, 0.05) is 0 Å². The van der Waals surface area contributed by atoms with Crippen molar-refractivity contribution < 1.29 is 0 Å². The molecule has 0 amide bonds. The summed E-state index contributed by atoms with van der Waals surface area (Å²) in [5.41, 5.74) is 5.70. The van der Waals surface area contributed by atoms with E-state index in [1.165, 1.54) is 22.0 Å². The molecule has 0 spiro atoms. The molecule has 2 aromatic carbocycles. The van der Waals surface area contributed by atoms with Gasteiger partial charge in [0.25, 0.3) is 0 Å². The van der Waals surface area contributed by atoms with Gasteiger partial charge < -0.3 is 0 Å². The number of hydrogen-bond acceptors (Lipinski definition) is 1. The first-order valence-electron chi connectivity index (χ1n) is 6.09. The van der Waals surface area contributed by atoms with E-state index >= 15 is 0 Å². The molecule has 2 heteroatoms. The minimum atomic E-state index is 1.01. The van der Waals surface area contributed by atoms with Gasteiger partial charge in [0.2, 0.25) is 0 Å². The number of rotatable bonds is 0. The highest BCUT2D eigenvalue weighted by Crippen LogP contribution is 2.23. The van der Waals surface area contributed by atoms with Crippen molar-refractivity contribution >= 4 is 27.6 Å². The lowest BCUT2D eigenvalue weighted by Gasteiger charge is -2.02. The van der Waals surface area contributed by atoms with Crippen LogP contribution in [-0.2, 0) is 0 Å². The van der Waals surface area contributed by atoms with Gasteiger partial charge in [0.15, 0.2) is 0 Å². The fourth-order valence-electron chi connectivity index (χ4n) is 2.57. The number of benzene rings is 2. The highest BCUT2D eigenvalue weighted by atomic mass is 15.0. The van der Waals surface area contributed by atoms with E-state index in [9.17, 15) is 0 Å². The Bertz CT molecular complexity index is 887. The molecule has 0 radical (unpaired) electrons. The molecule has 0 saturated carbocycles.